The zero-order chi connectivity index (χ0) is 34.5. The lowest BCUT2D eigenvalue weighted by molar-refractivity contribution is -0.139. The molecule has 2 aromatic carbocycles. The van der Waals surface area contributed by atoms with Crippen molar-refractivity contribution in [2.24, 2.45) is 0 Å². The highest BCUT2D eigenvalue weighted by atomic mass is 16.6. The van der Waals surface area contributed by atoms with Gasteiger partial charge in [0, 0.05) is 32.2 Å². The number of likely N-dealkylation sites (tertiary alicyclic amines) is 1. The van der Waals surface area contributed by atoms with E-state index in [0.717, 1.165) is 68.1 Å². The van der Waals surface area contributed by atoms with E-state index in [1.165, 1.54) is 0 Å². The van der Waals surface area contributed by atoms with Gasteiger partial charge in [0.15, 0.2) is 11.2 Å². The number of carboxylic acids is 1. The normalized spacial score (nSPS) is 20.5. The number of amides is 2. The van der Waals surface area contributed by atoms with E-state index in [1.54, 1.807) is 9.80 Å². The molecule has 49 heavy (non-hydrogen) atoms. The Morgan fingerprint density at radius 1 is 0.755 bits per heavy atom. The van der Waals surface area contributed by atoms with Gasteiger partial charge in [-0.05, 0) is 96.4 Å². The van der Waals surface area contributed by atoms with Gasteiger partial charge in [0.05, 0.1) is 0 Å². The average Bonchev–Trinajstić information content (AvgIpc) is 3.73. The molecule has 262 valence electrons. The number of para-hydroxylation sites is 4. The van der Waals surface area contributed by atoms with Crippen LogP contribution in [0.1, 0.15) is 72.1 Å². The Balaban J connectivity index is 0.000000195. The summed E-state index contributed by atoms with van der Waals surface area (Å²) in [5, 5.41) is 12.4. The summed E-state index contributed by atoms with van der Waals surface area (Å²) < 4.78 is 17.0. The van der Waals surface area contributed by atoms with Crippen LogP contribution in [-0.2, 0) is 14.3 Å². The number of oxazole rings is 2. The van der Waals surface area contributed by atoms with Crippen LogP contribution in [0.25, 0.3) is 22.2 Å². The summed E-state index contributed by atoms with van der Waals surface area (Å²) in [6.07, 6.45) is 6.52. The molecule has 13 heteroatoms. The van der Waals surface area contributed by atoms with Crippen molar-refractivity contribution in [3.8, 4) is 0 Å². The summed E-state index contributed by atoms with van der Waals surface area (Å²) in [5.74, 6) is -0.797. The number of nitrogens with zero attached hydrogens (tertiary/aromatic N) is 5. The number of anilines is 2. The van der Waals surface area contributed by atoms with Crippen LogP contribution in [0.5, 0.6) is 0 Å². The Bertz CT molecular complexity index is 1690. The minimum atomic E-state index is -0.808. The molecule has 2 aromatic heterocycles. The Morgan fingerprint density at radius 3 is 1.78 bits per heavy atom. The molecule has 3 aliphatic rings. The number of carbonyl (C=O) groups is 3. The Hall–Kier alpha value is -4.81. The second kappa shape index (κ2) is 14.8. The van der Waals surface area contributed by atoms with Crippen molar-refractivity contribution in [2.45, 2.75) is 95.9 Å². The quantitative estimate of drug-likeness (QED) is 0.257. The summed E-state index contributed by atoms with van der Waals surface area (Å²) in [6, 6.07) is 15.3. The Labute approximate surface area is 285 Å². The van der Waals surface area contributed by atoms with Gasteiger partial charge in [0.2, 0.25) is 5.91 Å². The van der Waals surface area contributed by atoms with Gasteiger partial charge in [-0.3, -0.25) is 4.79 Å². The summed E-state index contributed by atoms with van der Waals surface area (Å²) in [6.45, 7) is 8.20. The van der Waals surface area contributed by atoms with Gasteiger partial charge < -0.3 is 38.7 Å². The van der Waals surface area contributed by atoms with Gasteiger partial charge in [-0.2, -0.15) is 9.97 Å². The van der Waals surface area contributed by atoms with Crippen molar-refractivity contribution in [3.63, 3.8) is 0 Å². The number of rotatable bonds is 5. The lowest BCUT2D eigenvalue weighted by atomic mass is 10.00. The molecule has 0 unspecified atom stereocenters. The third-order valence-electron chi connectivity index (χ3n) is 9.14. The van der Waals surface area contributed by atoms with E-state index >= 15 is 0 Å². The van der Waals surface area contributed by atoms with Crippen LogP contribution in [0.2, 0.25) is 0 Å². The lowest BCUT2D eigenvalue weighted by Crippen LogP contribution is -2.54. The molecule has 2 amide bonds. The molecule has 5 heterocycles. The minimum Gasteiger partial charge on any atom is -0.480 e. The Kier molecular flexibility index (Phi) is 10.3. The van der Waals surface area contributed by atoms with E-state index in [4.69, 9.17) is 13.6 Å². The molecule has 0 radical (unpaired) electrons. The average molecular weight is 675 g/mol. The predicted octanol–water partition coefficient (Wildman–Crippen LogP) is 5.97. The van der Waals surface area contributed by atoms with Crippen LogP contribution in [0.3, 0.4) is 0 Å². The number of carboxylic acid groups (broad SMARTS) is 1. The monoisotopic (exact) mass is 674 g/mol. The van der Waals surface area contributed by atoms with Crippen LogP contribution in [0.4, 0.5) is 16.8 Å². The number of carbonyl (C=O) groups excluding carboxylic acids is 2. The highest BCUT2D eigenvalue weighted by molar-refractivity contribution is 5.86. The predicted molar refractivity (Wildman–Crippen MR) is 185 cm³/mol. The van der Waals surface area contributed by atoms with Crippen molar-refractivity contribution in [1.82, 2.24) is 20.2 Å². The minimum absolute atomic E-state index is 0.0117. The van der Waals surface area contributed by atoms with Gasteiger partial charge in [0.1, 0.15) is 28.7 Å². The van der Waals surface area contributed by atoms with Crippen LogP contribution >= 0.6 is 0 Å². The first-order valence-electron chi connectivity index (χ1n) is 17.3. The van der Waals surface area contributed by atoms with Crippen LogP contribution in [-0.4, -0.2) is 87.8 Å². The summed E-state index contributed by atoms with van der Waals surface area (Å²) in [5.41, 5.74) is 2.50. The number of piperidine rings is 3. The maximum absolute atomic E-state index is 13.1. The topological polar surface area (TPSA) is 154 Å². The number of hydrogen-bond acceptors (Lipinski definition) is 10. The fraction of sp³-hybridized carbons (Fsp3) is 0.528. The Morgan fingerprint density at radius 2 is 1.27 bits per heavy atom. The third kappa shape index (κ3) is 8.26. The van der Waals surface area contributed by atoms with Gasteiger partial charge in [0.25, 0.3) is 12.0 Å². The van der Waals surface area contributed by atoms with Crippen molar-refractivity contribution >= 4 is 52.2 Å². The number of hydrogen-bond donors (Lipinski definition) is 2. The lowest BCUT2D eigenvalue weighted by Gasteiger charge is -2.37. The molecule has 7 rings (SSSR count). The van der Waals surface area contributed by atoms with Gasteiger partial charge >= 0.3 is 12.1 Å². The van der Waals surface area contributed by atoms with E-state index in [0.29, 0.717) is 43.7 Å². The zero-order valence-electron chi connectivity index (χ0n) is 28.5. The maximum Gasteiger partial charge on any atom is 0.410 e. The molecule has 2 atom stereocenters. The number of fused-ring (bicyclic) bond motifs is 2. The molecular formula is C36H46N6O7. The highest BCUT2D eigenvalue weighted by Gasteiger charge is 2.35. The van der Waals surface area contributed by atoms with Crippen molar-refractivity contribution in [1.29, 1.82) is 0 Å². The second-order valence-corrected chi connectivity index (χ2v) is 13.9. The maximum atomic E-state index is 13.1. The molecule has 3 fully saturated rings. The first-order valence-corrected chi connectivity index (χ1v) is 17.3. The van der Waals surface area contributed by atoms with Crippen LogP contribution < -0.4 is 15.1 Å². The molecule has 0 bridgehead atoms. The molecule has 13 nitrogen and oxygen atoms in total. The molecular weight excluding hydrogens is 628 g/mol. The van der Waals surface area contributed by atoms with Crippen molar-refractivity contribution in [3.05, 3.63) is 48.5 Å². The van der Waals surface area contributed by atoms with Gasteiger partial charge in [-0.25, -0.2) is 9.59 Å². The standard InChI is InChI=1S/C23H32N4O4.C13H14N2O3/c1-23(2,3)31-22(29)26-14-11-16(12-15-26)24-20(28)18-9-6-7-13-27(18)21-25-17-8-4-5-10-19(17)30-21;16-12(17)10-6-3-4-8-15(10)13-14-9-5-1-2-7-11(9)18-13/h4-5,8,10,16,18H,6-7,9,11-15H2,1-3H3,(H,24,28);1-2,5,7,10H,3-4,6,8H2,(H,16,17)/t18-;10-/m00/s1. The zero-order valence-corrected chi connectivity index (χ0v) is 28.5. The fourth-order valence-corrected chi connectivity index (χ4v) is 6.65. The number of aromatic nitrogens is 2. The molecule has 2 N–H and O–H groups in total. The van der Waals surface area contributed by atoms with E-state index in [-0.39, 0.29) is 24.1 Å². The molecule has 3 aliphatic heterocycles. The second-order valence-electron chi connectivity index (χ2n) is 13.9. The number of benzene rings is 2. The van der Waals surface area contributed by atoms with E-state index in [9.17, 15) is 19.5 Å². The number of ether oxygens (including phenoxy) is 1. The molecule has 0 spiro atoms. The van der Waals surface area contributed by atoms with Crippen LogP contribution in [0.15, 0.2) is 57.4 Å². The van der Waals surface area contributed by atoms with E-state index < -0.39 is 17.6 Å². The first kappa shape index (κ1) is 34.1. The molecule has 0 aliphatic carbocycles. The van der Waals surface area contributed by atoms with E-state index in [2.05, 4.69) is 15.3 Å². The summed E-state index contributed by atoms with van der Waals surface area (Å²) >= 11 is 0. The number of nitrogens with one attached hydrogen (secondary N) is 1. The fourth-order valence-electron chi connectivity index (χ4n) is 6.65. The highest BCUT2D eigenvalue weighted by Crippen LogP contribution is 2.29. The summed E-state index contributed by atoms with van der Waals surface area (Å²) in [7, 11) is 0. The van der Waals surface area contributed by atoms with Crippen LogP contribution in [0, 0.1) is 0 Å². The molecule has 3 saturated heterocycles. The largest absolute Gasteiger partial charge is 0.480 e. The smallest absolute Gasteiger partial charge is 0.410 e. The molecule has 0 saturated carbocycles. The van der Waals surface area contributed by atoms with E-state index in [1.807, 2.05) is 74.2 Å². The van der Waals surface area contributed by atoms with Crippen molar-refractivity contribution in [2.75, 3.05) is 36.0 Å². The SMILES string of the molecule is CC(C)(C)OC(=O)N1CCC(NC(=O)[C@@H]2CCCCN2c2nc3ccccc3o2)CC1.O=C(O)[C@@H]1CCCCN1c1nc2ccccc2o1. The third-order valence-corrected chi connectivity index (χ3v) is 9.14. The summed E-state index contributed by atoms with van der Waals surface area (Å²) in [4.78, 5) is 51.1. The van der Waals surface area contributed by atoms with Crippen molar-refractivity contribution < 1.29 is 33.1 Å². The number of aliphatic carboxylic acids is 1. The molecule has 4 aromatic rings. The van der Waals surface area contributed by atoms with Gasteiger partial charge in [-0.1, -0.05) is 24.3 Å². The van der Waals surface area contributed by atoms with Gasteiger partial charge in [-0.15, -0.1) is 0 Å². The first-order chi connectivity index (χ1) is 23.6.